The Morgan fingerprint density at radius 2 is 2.12 bits per heavy atom. The van der Waals surface area contributed by atoms with Crippen LogP contribution in [-0.4, -0.2) is 11.3 Å². The van der Waals surface area contributed by atoms with E-state index in [0.717, 1.165) is 17.5 Å². The van der Waals surface area contributed by atoms with E-state index in [2.05, 4.69) is 10.3 Å². The molecule has 0 atom stereocenters. The molecule has 0 fully saturated rings. The summed E-state index contributed by atoms with van der Waals surface area (Å²) in [5.41, 5.74) is 1.69. The third-order valence-corrected chi connectivity index (χ3v) is 3.34. The third kappa shape index (κ3) is 2.88. The van der Waals surface area contributed by atoms with Crippen molar-refractivity contribution in [3.8, 4) is 0 Å². The lowest BCUT2D eigenvalue weighted by atomic mass is 10.2. The van der Waals surface area contributed by atoms with Crippen LogP contribution in [0.4, 0.5) is 9.52 Å². The minimum Gasteiger partial charge on any atom is -0.357 e. The van der Waals surface area contributed by atoms with E-state index in [1.165, 1.54) is 23.5 Å². The first-order valence-corrected chi connectivity index (χ1v) is 5.91. The van der Waals surface area contributed by atoms with E-state index >= 15 is 0 Å². The molecule has 17 heavy (non-hydrogen) atoms. The van der Waals surface area contributed by atoms with E-state index in [9.17, 15) is 9.18 Å². The third-order valence-electron chi connectivity index (χ3n) is 2.30. The molecule has 0 radical (unpaired) electrons. The molecule has 0 saturated carbocycles. The number of carbonyl (C=O) groups is 1. The summed E-state index contributed by atoms with van der Waals surface area (Å²) in [6, 6.07) is 6.26. The van der Waals surface area contributed by atoms with Crippen LogP contribution in [0.25, 0.3) is 0 Å². The van der Waals surface area contributed by atoms with Crippen LogP contribution in [0.3, 0.4) is 0 Å². The van der Waals surface area contributed by atoms with E-state index in [1.54, 1.807) is 19.1 Å². The van der Waals surface area contributed by atoms with Crippen molar-refractivity contribution in [3.63, 3.8) is 0 Å². The van der Waals surface area contributed by atoms with Crippen LogP contribution in [0.5, 0.6) is 0 Å². The molecule has 0 aliphatic heterocycles. The number of rotatable bonds is 4. The summed E-state index contributed by atoms with van der Waals surface area (Å²) in [4.78, 5) is 15.5. The van der Waals surface area contributed by atoms with Crippen LogP contribution < -0.4 is 5.32 Å². The highest BCUT2D eigenvalue weighted by molar-refractivity contribution is 7.17. The molecule has 2 rings (SSSR count). The van der Waals surface area contributed by atoms with E-state index in [1.807, 2.05) is 0 Å². The number of aromatic nitrogens is 1. The summed E-state index contributed by atoms with van der Waals surface area (Å²) in [6.07, 6.45) is 0.802. The van der Waals surface area contributed by atoms with Gasteiger partial charge in [-0.2, -0.15) is 0 Å². The summed E-state index contributed by atoms with van der Waals surface area (Å²) < 4.78 is 12.7. The second-order valence-electron chi connectivity index (χ2n) is 3.57. The van der Waals surface area contributed by atoms with Gasteiger partial charge in [0.15, 0.2) is 11.4 Å². The Kier molecular flexibility index (Phi) is 3.49. The molecule has 88 valence electrons. The van der Waals surface area contributed by atoms with E-state index in [-0.39, 0.29) is 5.82 Å². The van der Waals surface area contributed by atoms with Gasteiger partial charge in [0.1, 0.15) is 5.82 Å². The van der Waals surface area contributed by atoms with Crippen molar-refractivity contribution in [2.24, 2.45) is 0 Å². The highest BCUT2D eigenvalue weighted by Gasteiger charge is 2.05. The fraction of sp³-hybridized carbons (Fsp3) is 0.167. The fourth-order valence-corrected chi connectivity index (χ4v) is 2.15. The molecule has 0 saturated heterocycles. The van der Waals surface area contributed by atoms with Crippen molar-refractivity contribution in [2.75, 3.05) is 5.32 Å². The number of thiazole rings is 1. The number of carbonyl (C=O) groups excluding carboxylic acids is 1. The first-order chi connectivity index (χ1) is 8.19. The maximum atomic E-state index is 12.7. The molecule has 0 spiro atoms. The lowest BCUT2D eigenvalue weighted by Crippen LogP contribution is -1.98. The van der Waals surface area contributed by atoms with Gasteiger partial charge in [0.05, 0.1) is 10.6 Å². The first kappa shape index (κ1) is 11.7. The van der Waals surface area contributed by atoms with Crippen LogP contribution in [0.1, 0.15) is 20.9 Å². The topological polar surface area (TPSA) is 42.0 Å². The van der Waals surface area contributed by atoms with Crippen molar-refractivity contribution in [2.45, 2.75) is 13.5 Å². The lowest BCUT2D eigenvalue weighted by Gasteiger charge is -2.02. The molecule has 0 bridgehead atoms. The van der Waals surface area contributed by atoms with Crippen molar-refractivity contribution >= 4 is 22.8 Å². The number of aryl methyl sites for hydroxylation is 1. The summed E-state index contributed by atoms with van der Waals surface area (Å²) in [5, 5.41) is 3.80. The molecular formula is C12H11FN2OS. The predicted octanol–water partition coefficient (Wildman–Crippen LogP) is 3.02. The van der Waals surface area contributed by atoms with Gasteiger partial charge in [0.2, 0.25) is 0 Å². The van der Waals surface area contributed by atoms with Gasteiger partial charge in [0.25, 0.3) is 0 Å². The molecule has 0 aliphatic rings. The minimum absolute atomic E-state index is 0.248. The maximum Gasteiger partial charge on any atom is 0.183 e. The summed E-state index contributed by atoms with van der Waals surface area (Å²) in [5.74, 6) is -0.248. The summed E-state index contributed by atoms with van der Waals surface area (Å²) in [6.45, 7) is 2.36. The zero-order valence-electron chi connectivity index (χ0n) is 9.24. The molecule has 1 N–H and O–H groups in total. The number of aldehydes is 1. The first-order valence-electron chi connectivity index (χ1n) is 5.10. The van der Waals surface area contributed by atoms with Gasteiger partial charge in [-0.3, -0.25) is 4.79 Å². The molecule has 1 heterocycles. The van der Waals surface area contributed by atoms with E-state index in [4.69, 9.17) is 0 Å². The van der Waals surface area contributed by atoms with Gasteiger partial charge in [0, 0.05) is 6.54 Å². The van der Waals surface area contributed by atoms with Crippen LogP contribution in [-0.2, 0) is 6.54 Å². The van der Waals surface area contributed by atoms with Gasteiger partial charge in [-0.25, -0.2) is 9.37 Å². The number of hydrogen-bond acceptors (Lipinski definition) is 4. The highest BCUT2D eigenvalue weighted by atomic mass is 32.1. The number of hydrogen-bond donors (Lipinski definition) is 1. The van der Waals surface area contributed by atoms with Gasteiger partial charge in [-0.15, -0.1) is 0 Å². The minimum atomic E-state index is -0.248. The summed E-state index contributed by atoms with van der Waals surface area (Å²) in [7, 11) is 0. The van der Waals surface area contributed by atoms with Gasteiger partial charge >= 0.3 is 0 Å². The zero-order chi connectivity index (χ0) is 12.3. The molecule has 0 amide bonds. The van der Waals surface area contributed by atoms with Crippen LogP contribution in [0.2, 0.25) is 0 Å². The van der Waals surface area contributed by atoms with E-state index < -0.39 is 0 Å². The second-order valence-corrected chi connectivity index (χ2v) is 4.60. The molecule has 0 unspecified atom stereocenters. The number of nitrogens with one attached hydrogen (secondary N) is 1. The highest BCUT2D eigenvalue weighted by Crippen LogP contribution is 2.21. The molecule has 5 heteroatoms. The molecule has 1 aromatic carbocycles. The smallest absolute Gasteiger partial charge is 0.183 e. The number of anilines is 1. The summed E-state index contributed by atoms with van der Waals surface area (Å²) >= 11 is 1.32. The SMILES string of the molecule is Cc1nc(NCc2ccc(F)cc2)sc1C=O. The Balaban J connectivity index is 2.02. The van der Waals surface area contributed by atoms with Crippen LogP contribution >= 0.6 is 11.3 Å². The Morgan fingerprint density at radius 3 is 2.71 bits per heavy atom. The van der Waals surface area contributed by atoms with Crippen molar-refractivity contribution in [1.29, 1.82) is 0 Å². The Labute approximate surface area is 102 Å². The lowest BCUT2D eigenvalue weighted by molar-refractivity contribution is 0.112. The number of nitrogens with zero attached hydrogens (tertiary/aromatic N) is 1. The second kappa shape index (κ2) is 5.05. The van der Waals surface area contributed by atoms with Crippen LogP contribution in [0, 0.1) is 12.7 Å². The van der Waals surface area contributed by atoms with Crippen molar-refractivity contribution in [3.05, 3.63) is 46.2 Å². The molecular weight excluding hydrogens is 239 g/mol. The standard InChI is InChI=1S/C12H11FN2OS/c1-8-11(7-16)17-12(15-8)14-6-9-2-4-10(13)5-3-9/h2-5,7H,6H2,1H3,(H,14,15). The van der Waals surface area contributed by atoms with Gasteiger partial charge in [-0.05, 0) is 24.6 Å². The van der Waals surface area contributed by atoms with Crippen molar-refractivity contribution in [1.82, 2.24) is 4.98 Å². The number of halogens is 1. The predicted molar refractivity (Wildman–Crippen MR) is 66.0 cm³/mol. The van der Waals surface area contributed by atoms with E-state index in [0.29, 0.717) is 16.6 Å². The monoisotopic (exact) mass is 250 g/mol. The Hall–Kier alpha value is -1.75. The molecule has 2 aromatic rings. The Morgan fingerprint density at radius 1 is 1.41 bits per heavy atom. The fourth-order valence-electron chi connectivity index (χ4n) is 1.37. The maximum absolute atomic E-state index is 12.7. The Bertz CT molecular complexity index is 522. The van der Waals surface area contributed by atoms with Gasteiger partial charge in [-0.1, -0.05) is 23.5 Å². The number of benzene rings is 1. The largest absolute Gasteiger partial charge is 0.357 e. The zero-order valence-corrected chi connectivity index (χ0v) is 10.1. The van der Waals surface area contributed by atoms with Crippen molar-refractivity contribution < 1.29 is 9.18 Å². The quantitative estimate of drug-likeness (QED) is 0.848. The molecule has 0 aliphatic carbocycles. The molecule has 1 aromatic heterocycles. The normalized spacial score (nSPS) is 10.2. The van der Waals surface area contributed by atoms with Crippen LogP contribution in [0.15, 0.2) is 24.3 Å². The average Bonchev–Trinajstić information content (AvgIpc) is 2.69. The average molecular weight is 250 g/mol. The molecule has 3 nitrogen and oxygen atoms in total. The van der Waals surface area contributed by atoms with Gasteiger partial charge < -0.3 is 5.32 Å².